The fourth-order valence-corrected chi connectivity index (χ4v) is 1.52. The van der Waals surface area contributed by atoms with Gasteiger partial charge in [0.15, 0.2) is 0 Å². The molecule has 0 amide bonds. The van der Waals surface area contributed by atoms with Crippen LogP contribution in [0.2, 0.25) is 0 Å². The Morgan fingerprint density at radius 1 is 1.31 bits per heavy atom. The number of hydrogen-bond acceptors (Lipinski definition) is 2. The highest BCUT2D eigenvalue weighted by Crippen LogP contribution is 2.26. The van der Waals surface area contributed by atoms with Gasteiger partial charge in [0.25, 0.3) is 0 Å². The molecule has 16 heavy (non-hydrogen) atoms. The van der Waals surface area contributed by atoms with Crippen LogP contribution in [0.25, 0.3) is 0 Å². The normalized spacial score (nSPS) is 20.5. The molecule has 1 N–H and O–H groups in total. The Labute approximate surface area is 100 Å². The summed E-state index contributed by atoms with van der Waals surface area (Å²) in [6.07, 6.45) is 5.78. The molecule has 0 aromatic carbocycles. The quantitative estimate of drug-likeness (QED) is 0.672. The summed E-state index contributed by atoms with van der Waals surface area (Å²) in [6.45, 7) is 14.3. The first-order valence-corrected chi connectivity index (χ1v) is 6.36. The lowest BCUT2D eigenvalue weighted by atomic mass is 9.87. The van der Waals surface area contributed by atoms with E-state index < -0.39 is 0 Å². The number of rotatable bonds is 7. The summed E-state index contributed by atoms with van der Waals surface area (Å²) in [5.74, 6) is 0. The molecule has 0 bridgehead atoms. The third-order valence-electron chi connectivity index (χ3n) is 3.07. The zero-order chi connectivity index (χ0) is 12.2. The van der Waals surface area contributed by atoms with Gasteiger partial charge in [-0.2, -0.15) is 0 Å². The third kappa shape index (κ3) is 5.66. The predicted molar refractivity (Wildman–Crippen MR) is 69.7 cm³/mol. The zero-order valence-corrected chi connectivity index (χ0v) is 11.3. The molecule has 2 heteroatoms. The minimum absolute atomic E-state index is 0.0357. The highest BCUT2D eigenvalue weighted by Gasteiger charge is 2.26. The van der Waals surface area contributed by atoms with Gasteiger partial charge in [-0.25, -0.2) is 0 Å². The molecule has 0 heterocycles. The van der Waals surface area contributed by atoms with Gasteiger partial charge in [-0.1, -0.05) is 13.0 Å². The Morgan fingerprint density at radius 3 is 2.38 bits per heavy atom. The smallest absolute Gasteiger partial charge is 0.0598 e. The van der Waals surface area contributed by atoms with Gasteiger partial charge in [-0.15, -0.1) is 6.58 Å². The molecule has 0 saturated heterocycles. The molecule has 2 nitrogen and oxygen atoms in total. The van der Waals surface area contributed by atoms with E-state index >= 15 is 0 Å². The largest absolute Gasteiger partial charge is 0.376 e. The van der Waals surface area contributed by atoms with Crippen LogP contribution in [0.3, 0.4) is 0 Å². The van der Waals surface area contributed by atoms with Crippen LogP contribution in [0.15, 0.2) is 12.7 Å². The Balaban J connectivity index is 2.24. The molecule has 1 unspecified atom stereocenters. The van der Waals surface area contributed by atoms with Crippen LogP contribution >= 0.6 is 0 Å². The molecule has 1 fully saturated rings. The van der Waals surface area contributed by atoms with E-state index in [4.69, 9.17) is 4.74 Å². The molecule has 1 atom stereocenters. The summed E-state index contributed by atoms with van der Waals surface area (Å²) >= 11 is 0. The van der Waals surface area contributed by atoms with Crippen LogP contribution in [0, 0.1) is 5.41 Å². The minimum Gasteiger partial charge on any atom is -0.376 e. The maximum absolute atomic E-state index is 5.77. The Kier molecular flexibility index (Phi) is 4.57. The van der Waals surface area contributed by atoms with Crippen molar-refractivity contribution >= 4 is 0 Å². The molecule has 0 radical (unpaired) electrons. The van der Waals surface area contributed by atoms with Gasteiger partial charge in [0, 0.05) is 19.2 Å². The van der Waals surface area contributed by atoms with Crippen molar-refractivity contribution in [3.8, 4) is 0 Å². The Bertz CT molecular complexity index is 227. The van der Waals surface area contributed by atoms with Crippen LogP contribution in [-0.2, 0) is 4.74 Å². The summed E-state index contributed by atoms with van der Waals surface area (Å²) in [6, 6.07) is 0.766. The zero-order valence-electron chi connectivity index (χ0n) is 11.3. The van der Waals surface area contributed by atoms with E-state index in [0.717, 1.165) is 25.6 Å². The predicted octanol–water partition coefficient (Wildman–Crippen LogP) is 3.14. The minimum atomic E-state index is -0.0357. The van der Waals surface area contributed by atoms with E-state index in [1.165, 1.54) is 12.8 Å². The number of hydrogen-bond donors (Lipinski definition) is 1. The van der Waals surface area contributed by atoms with Gasteiger partial charge in [0.2, 0.25) is 0 Å². The van der Waals surface area contributed by atoms with E-state index in [0.29, 0.717) is 0 Å². The maximum atomic E-state index is 5.77. The van der Waals surface area contributed by atoms with Crippen LogP contribution in [0.5, 0.6) is 0 Å². The summed E-state index contributed by atoms with van der Waals surface area (Å²) in [5, 5.41) is 3.57. The van der Waals surface area contributed by atoms with E-state index in [2.05, 4.69) is 45.7 Å². The monoisotopic (exact) mass is 225 g/mol. The second-order valence-corrected chi connectivity index (χ2v) is 6.22. The van der Waals surface area contributed by atoms with Gasteiger partial charge in [-0.3, -0.25) is 0 Å². The fourth-order valence-electron chi connectivity index (χ4n) is 1.52. The molecule has 0 aromatic rings. The molecular formula is C14H27NO. The lowest BCUT2D eigenvalue weighted by Gasteiger charge is -2.28. The SMILES string of the molecule is C=CC(C)(CCOC(C)(C)C)CNC1CC1. The topological polar surface area (TPSA) is 21.3 Å². The standard InChI is InChI=1S/C14H27NO/c1-6-14(5,11-15-12-7-8-12)9-10-16-13(2,3)4/h6,12,15H,1,7-11H2,2-5H3. The summed E-state index contributed by atoms with van der Waals surface area (Å²) in [7, 11) is 0. The van der Waals surface area contributed by atoms with Gasteiger partial charge in [0.05, 0.1) is 5.60 Å². The summed E-state index contributed by atoms with van der Waals surface area (Å²) in [5.41, 5.74) is 0.125. The Morgan fingerprint density at radius 2 is 1.94 bits per heavy atom. The number of ether oxygens (including phenoxy) is 1. The van der Waals surface area contributed by atoms with Crippen molar-refractivity contribution in [2.75, 3.05) is 13.2 Å². The average Bonchev–Trinajstić information content (AvgIpc) is 2.96. The van der Waals surface area contributed by atoms with E-state index in [9.17, 15) is 0 Å². The van der Waals surface area contributed by atoms with E-state index in [1.807, 2.05) is 0 Å². The second-order valence-electron chi connectivity index (χ2n) is 6.22. The highest BCUT2D eigenvalue weighted by atomic mass is 16.5. The van der Waals surface area contributed by atoms with Crippen molar-refractivity contribution < 1.29 is 4.74 Å². The molecule has 1 saturated carbocycles. The van der Waals surface area contributed by atoms with Crippen molar-refractivity contribution in [1.29, 1.82) is 0 Å². The molecule has 0 aliphatic heterocycles. The van der Waals surface area contributed by atoms with Crippen molar-refractivity contribution in [2.45, 2.75) is 58.6 Å². The van der Waals surface area contributed by atoms with Gasteiger partial charge in [-0.05, 0) is 45.4 Å². The summed E-state index contributed by atoms with van der Waals surface area (Å²) < 4.78 is 5.77. The van der Waals surface area contributed by atoms with E-state index in [-0.39, 0.29) is 11.0 Å². The fraction of sp³-hybridized carbons (Fsp3) is 0.857. The van der Waals surface area contributed by atoms with Crippen molar-refractivity contribution in [3.63, 3.8) is 0 Å². The van der Waals surface area contributed by atoms with Crippen LogP contribution in [-0.4, -0.2) is 24.8 Å². The highest BCUT2D eigenvalue weighted by molar-refractivity contribution is 4.95. The Hall–Kier alpha value is -0.340. The van der Waals surface area contributed by atoms with Gasteiger partial charge in [0.1, 0.15) is 0 Å². The molecule has 0 spiro atoms. The van der Waals surface area contributed by atoms with Crippen LogP contribution in [0.1, 0.15) is 47.0 Å². The van der Waals surface area contributed by atoms with Gasteiger partial charge >= 0.3 is 0 Å². The van der Waals surface area contributed by atoms with Crippen LogP contribution < -0.4 is 5.32 Å². The molecular weight excluding hydrogens is 198 g/mol. The first kappa shape index (κ1) is 13.7. The molecule has 1 rings (SSSR count). The lowest BCUT2D eigenvalue weighted by molar-refractivity contribution is -0.0130. The molecule has 1 aliphatic carbocycles. The molecule has 94 valence electrons. The second kappa shape index (κ2) is 5.33. The van der Waals surface area contributed by atoms with Crippen molar-refractivity contribution in [1.82, 2.24) is 5.32 Å². The van der Waals surface area contributed by atoms with E-state index in [1.54, 1.807) is 0 Å². The average molecular weight is 225 g/mol. The number of nitrogens with one attached hydrogen (secondary N) is 1. The molecule has 1 aliphatic rings. The van der Waals surface area contributed by atoms with Gasteiger partial charge < -0.3 is 10.1 Å². The van der Waals surface area contributed by atoms with Crippen molar-refractivity contribution in [2.24, 2.45) is 5.41 Å². The molecule has 0 aromatic heterocycles. The maximum Gasteiger partial charge on any atom is 0.0598 e. The first-order valence-electron chi connectivity index (χ1n) is 6.36. The third-order valence-corrected chi connectivity index (χ3v) is 3.07. The first-order chi connectivity index (χ1) is 7.35. The summed E-state index contributed by atoms with van der Waals surface area (Å²) in [4.78, 5) is 0. The van der Waals surface area contributed by atoms with Crippen molar-refractivity contribution in [3.05, 3.63) is 12.7 Å². The van der Waals surface area contributed by atoms with Crippen LogP contribution in [0.4, 0.5) is 0 Å². The lowest BCUT2D eigenvalue weighted by Crippen LogP contribution is -2.33.